The summed E-state index contributed by atoms with van der Waals surface area (Å²) in [6.07, 6.45) is 6.14. The summed E-state index contributed by atoms with van der Waals surface area (Å²) < 4.78 is 1.13. The Morgan fingerprint density at radius 1 is 1.07 bits per heavy atom. The zero-order valence-corrected chi connectivity index (χ0v) is 16.0. The Morgan fingerprint density at radius 3 is 2.75 bits per heavy atom. The summed E-state index contributed by atoms with van der Waals surface area (Å²) in [7, 11) is 0. The largest absolute Gasteiger partial charge is 0.348 e. The van der Waals surface area contributed by atoms with Crippen molar-refractivity contribution in [3.05, 3.63) is 42.2 Å². The van der Waals surface area contributed by atoms with E-state index in [4.69, 9.17) is 0 Å². The third-order valence-corrected chi connectivity index (χ3v) is 6.95. The van der Waals surface area contributed by atoms with Gasteiger partial charge in [-0.3, -0.25) is 5.10 Å². The van der Waals surface area contributed by atoms with Crippen LogP contribution in [-0.4, -0.2) is 50.6 Å². The van der Waals surface area contributed by atoms with Gasteiger partial charge in [0.2, 0.25) is 0 Å². The smallest absolute Gasteiger partial charge is 0.151 e. The molecule has 2 aliphatic heterocycles. The van der Waals surface area contributed by atoms with E-state index in [0.29, 0.717) is 0 Å². The van der Waals surface area contributed by atoms with Crippen molar-refractivity contribution in [3.8, 4) is 22.4 Å². The Bertz CT molecular complexity index is 1130. The standard InChI is InChI=1S/C20H19N7S/c1-2-15(19-18(22-12-28-19)14(1)13-9-23-24-10-13)16-3-4-17(26-25-16)27-8-6-20(27)5-7-21-11-20/h1-4,9-10,12,21H,5-8,11H2,(H,23,24). The molecule has 1 unspecified atom stereocenters. The molecule has 6 rings (SSSR count). The first-order valence-corrected chi connectivity index (χ1v) is 10.4. The molecule has 0 amide bonds. The fourth-order valence-electron chi connectivity index (χ4n) is 4.47. The first-order valence-electron chi connectivity index (χ1n) is 9.52. The molecule has 1 atom stereocenters. The molecule has 0 bridgehead atoms. The van der Waals surface area contributed by atoms with Crippen molar-refractivity contribution in [2.24, 2.45) is 0 Å². The second kappa shape index (κ2) is 6.08. The van der Waals surface area contributed by atoms with E-state index in [1.807, 2.05) is 17.9 Å². The number of aromatic amines is 1. The lowest BCUT2D eigenvalue weighted by atomic mass is 9.84. The van der Waals surface area contributed by atoms with E-state index in [-0.39, 0.29) is 5.54 Å². The number of H-pyrrole nitrogens is 1. The fraction of sp³-hybridized carbons (Fsp3) is 0.300. The predicted molar refractivity (Wildman–Crippen MR) is 110 cm³/mol. The minimum Gasteiger partial charge on any atom is -0.348 e. The summed E-state index contributed by atoms with van der Waals surface area (Å²) in [6.45, 7) is 3.20. The predicted octanol–water partition coefficient (Wildman–Crippen LogP) is 3.09. The zero-order valence-electron chi connectivity index (χ0n) is 15.2. The molecule has 1 aromatic carbocycles. The highest BCUT2D eigenvalue weighted by atomic mass is 32.1. The Balaban J connectivity index is 1.37. The number of thiazole rings is 1. The number of nitrogens with one attached hydrogen (secondary N) is 2. The van der Waals surface area contributed by atoms with Gasteiger partial charge in [-0.2, -0.15) is 5.10 Å². The number of rotatable bonds is 3. The molecule has 0 radical (unpaired) electrons. The second-order valence-corrected chi connectivity index (χ2v) is 8.36. The first kappa shape index (κ1) is 16.1. The summed E-state index contributed by atoms with van der Waals surface area (Å²) in [5.41, 5.74) is 7.20. The number of aromatic nitrogens is 5. The lowest BCUT2D eigenvalue weighted by Gasteiger charge is -2.51. The molecule has 3 aromatic heterocycles. The van der Waals surface area contributed by atoms with Crippen LogP contribution in [0.15, 0.2) is 42.2 Å². The molecule has 2 aliphatic rings. The molecule has 5 heterocycles. The molecule has 2 N–H and O–H groups in total. The Kier molecular flexibility index (Phi) is 3.51. The first-order chi connectivity index (χ1) is 13.8. The Labute approximate surface area is 165 Å². The van der Waals surface area contributed by atoms with E-state index in [1.54, 1.807) is 11.3 Å². The van der Waals surface area contributed by atoms with Crippen LogP contribution in [-0.2, 0) is 0 Å². The lowest BCUT2D eigenvalue weighted by Crippen LogP contribution is -2.61. The number of nitrogens with zero attached hydrogens (tertiary/aromatic N) is 5. The molecule has 1 spiro atoms. The van der Waals surface area contributed by atoms with Gasteiger partial charge in [-0.1, -0.05) is 12.1 Å². The number of fused-ring (bicyclic) bond motifs is 1. The van der Waals surface area contributed by atoms with Gasteiger partial charge in [0, 0.05) is 36.0 Å². The highest BCUT2D eigenvalue weighted by molar-refractivity contribution is 7.17. The zero-order chi connectivity index (χ0) is 18.6. The van der Waals surface area contributed by atoms with Crippen LogP contribution in [0.2, 0.25) is 0 Å². The van der Waals surface area contributed by atoms with E-state index < -0.39 is 0 Å². The molecule has 2 fully saturated rings. The van der Waals surface area contributed by atoms with Crippen molar-refractivity contribution in [3.63, 3.8) is 0 Å². The number of hydrogen-bond acceptors (Lipinski definition) is 7. The minimum atomic E-state index is 0.257. The Morgan fingerprint density at radius 2 is 2.04 bits per heavy atom. The molecule has 28 heavy (non-hydrogen) atoms. The van der Waals surface area contributed by atoms with Gasteiger partial charge in [0.25, 0.3) is 0 Å². The van der Waals surface area contributed by atoms with E-state index in [2.05, 4.69) is 59.9 Å². The van der Waals surface area contributed by atoms with Crippen molar-refractivity contribution in [2.75, 3.05) is 24.5 Å². The highest BCUT2D eigenvalue weighted by Crippen LogP contribution is 2.40. The van der Waals surface area contributed by atoms with Crippen LogP contribution in [0.3, 0.4) is 0 Å². The van der Waals surface area contributed by atoms with Crippen LogP contribution in [0.1, 0.15) is 12.8 Å². The molecule has 140 valence electrons. The van der Waals surface area contributed by atoms with Crippen molar-refractivity contribution >= 4 is 27.4 Å². The quantitative estimate of drug-likeness (QED) is 0.560. The summed E-state index contributed by atoms with van der Waals surface area (Å²) in [4.78, 5) is 7.00. The maximum absolute atomic E-state index is 4.59. The summed E-state index contributed by atoms with van der Waals surface area (Å²) in [5.74, 6) is 0.981. The van der Waals surface area contributed by atoms with Crippen molar-refractivity contribution in [1.29, 1.82) is 0 Å². The SMILES string of the molecule is c1nc2c(-c3cn[nH]c3)ccc(-c3ccc(N4CCC45CCNC5)nn3)c2s1. The molecule has 2 saturated heterocycles. The van der Waals surface area contributed by atoms with Gasteiger partial charge in [0.1, 0.15) is 0 Å². The molecular weight excluding hydrogens is 370 g/mol. The van der Waals surface area contributed by atoms with Crippen LogP contribution in [0.5, 0.6) is 0 Å². The number of hydrogen-bond donors (Lipinski definition) is 2. The molecule has 4 aromatic rings. The van der Waals surface area contributed by atoms with Crippen LogP contribution in [0.4, 0.5) is 5.82 Å². The van der Waals surface area contributed by atoms with Gasteiger partial charge in [0.05, 0.1) is 33.2 Å². The van der Waals surface area contributed by atoms with Crippen molar-refractivity contribution in [1.82, 2.24) is 30.7 Å². The Hall–Kier alpha value is -2.84. The molecule has 8 heteroatoms. The highest BCUT2D eigenvalue weighted by Gasteiger charge is 2.47. The van der Waals surface area contributed by atoms with Gasteiger partial charge in [-0.15, -0.1) is 21.5 Å². The van der Waals surface area contributed by atoms with E-state index in [9.17, 15) is 0 Å². The average molecular weight is 389 g/mol. The number of anilines is 1. The van der Waals surface area contributed by atoms with E-state index in [0.717, 1.165) is 58.1 Å². The van der Waals surface area contributed by atoms with Crippen LogP contribution in [0.25, 0.3) is 32.6 Å². The van der Waals surface area contributed by atoms with Gasteiger partial charge in [0.15, 0.2) is 5.82 Å². The summed E-state index contributed by atoms with van der Waals surface area (Å²) in [6, 6.07) is 8.40. The maximum Gasteiger partial charge on any atom is 0.151 e. The van der Waals surface area contributed by atoms with Crippen LogP contribution < -0.4 is 10.2 Å². The monoisotopic (exact) mass is 389 g/mol. The van der Waals surface area contributed by atoms with Gasteiger partial charge >= 0.3 is 0 Å². The summed E-state index contributed by atoms with van der Waals surface area (Å²) in [5, 5.41) is 19.6. The maximum atomic E-state index is 4.59. The minimum absolute atomic E-state index is 0.257. The average Bonchev–Trinajstić information content (AvgIpc) is 3.49. The molecule has 7 nitrogen and oxygen atoms in total. The molecule has 0 aliphatic carbocycles. The second-order valence-electron chi connectivity index (χ2n) is 7.51. The summed E-state index contributed by atoms with van der Waals surface area (Å²) >= 11 is 1.63. The van der Waals surface area contributed by atoms with E-state index >= 15 is 0 Å². The molecular formula is C20H19N7S. The molecule has 0 saturated carbocycles. The lowest BCUT2D eigenvalue weighted by molar-refractivity contribution is 0.297. The third-order valence-electron chi connectivity index (χ3n) is 6.09. The van der Waals surface area contributed by atoms with Crippen LogP contribution in [0, 0.1) is 0 Å². The van der Waals surface area contributed by atoms with Gasteiger partial charge in [-0.25, -0.2) is 4.98 Å². The van der Waals surface area contributed by atoms with Gasteiger partial charge in [-0.05, 0) is 31.5 Å². The van der Waals surface area contributed by atoms with Crippen molar-refractivity contribution < 1.29 is 0 Å². The van der Waals surface area contributed by atoms with Crippen molar-refractivity contribution in [2.45, 2.75) is 18.4 Å². The normalized spacial score (nSPS) is 21.5. The van der Waals surface area contributed by atoms with Crippen LogP contribution >= 0.6 is 11.3 Å². The van der Waals surface area contributed by atoms with Gasteiger partial charge < -0.3 is 10.2 Å². The topological polar surface area (TPSA) is 82.6 Å². The van der Waals surface area contributed by atoms with E-state index in [1.165, 1.54) is 12.8 Å². The number of benzene rings is 1. The third kappa shape index (κ3) is 2.31. The fourth-order valence-corrected chi connectivity index (χ4v) is 5.31.